The number of nitrogens with two attached hydrogens (primary N) is 1. The quantitative estimate of drug-likeness (QED) is 0.839. The van der Waals surface area contributed by atoms with Crippen molar-refractivity contribution in [2.45, 2.75) is 4.90 Å². The van der Waals surface area contributed by atoms with Gasteiger partial charge in [-0.1, -0.05) is 6.07 Å². The van der Waals surface area contributed by atoms with E-state index in [1.165, 1.54) is 24.5 Å². The summed E-state index contributed by atoms with van der Waals surface area (Å²) in [4.78, 5) is 0.118. The molecular weight excluding hydrogens is 356 g/mol. The second-order valence-electron chi connectivity index (χ2n) is 4.36. The third-order valence-corrected chi connectivity index (χ3v) is 5.79. The van der Waals surface area contributed by atoms with Crippen LogP contribution in [-0.4, -0.2) is 22.6 Å². The summed E-state index contributed by atoms with van der Waals surface area (Å²) in [5.74, 6) is 0.584. The summed E-state index contributed by atoms with van der Waals surface area (Å²) in [6.45, 7) is 0. The summed E-state index contributed by atoms with van der Waals surface area (Å²) in [6.07, 6.45) is 0. The van der Waals surface area contributed by atoms with Gasteiger partial charge in [0.2, 0.25) is 0 Å². The van der Waals surface area contributed by atoms with Crippen LogP contribution in [0.4, 0.5) is 11.4 Å². The minimum Gasteiger partial charge on any atom is -0.497 e. The Kier molecular flexibility index (Phi) is 4.43. The van der Waals surface area contributed by atoms with Crippen molar-refractivity contribution < 1.29 is 13.2 Å². The Hall–Kier alpha value is -1.73. The maximum absolute atomic E-state index is 12.7. The smallest absolute Gasteiger partial charge is 0.265 e. The molecule has 7 heteroatoms. The van der Waals surface area contributed by atoms with Gasteiger partial charge in [-0.05, 0) is 46.3 Å². The first-order chi connectivity index (χ1) is 9.86. The number of nitrogens with zero attached hydrogens (tertiary/aromatic N) is 1. The van der Waals surface area contributed by atoms with E-state index in [0.717, 1.165) is 0 Å². The number of hydrogen-bond donors (Lipinski definition) is 1. The van der Waals surface area contributed by atoms with Gasteiger partial charge in [-0.3, -0.25) is 4.31 Å². The summed E-state index contributed by atoms with van der Waals surface area (Å²) in [7, 11) is -0.704. The zero-order valence-corrected chi connectivity index (χ0v) is 14.0. The molecule has 2 rings (SSSR count). The summed E-state index contributed by atoms with van der Waals surface area (Å²) in [5.41, 5.74) is 6.57. The summed E-state index contributed by atoms with van der Waals surface area (Å²) < 4.78 is 32.2. The predicted octanol–water partition coefficient (Wildman–Crippen LogP) is 2.87. The van der Waals surface area contributed by atoms with Crippen molar-refractivity contribution in [1.29, 1.82) is 0 Å². The number of ether oxygens (including phenoxy) is 1. The Bertz CT molecular complexity index is 763. The van der Waals surface area contributed by atoms with Crippen LogP contribution in [0.3, 0.4) is 0 Å². The van der Waals surface area contributed by atoms with Gasteiger partial charge in [0.1, 0.15) is 10.6 Å². The molecule has 0 aromatic heterocycles. The number of hydrogen-bond acceptors (Lipinski definition) is 4. The number of nitrogen functional groups attached to an aromatic ring is 1. The molecule has 112 valence electrons. The lowest BCUT2D eigenvalue weighted by atomic mass is 10.3. The van der Waals surface area contributed by atoms with E-state index in [2.05, 4.69) is 15.9 Å². The van der Waals surface area contributed by atoms with E-state index >= 15 is 0 Å². The lowest BCUT2D eigenvalue weighted by Gasteiger charge is -2.21. The van der Waals surface area contributed by atoms with Gasteiger partial charge >= 0.3 is 0 Å². The number of benzene rings is 2. The number of rotatable bonds is 4. The molecule has 0 aliphatic heterocycles. The van der Waals surface area contributed by atoms with Crippen LogP contribution in [0.15, 0.2) is 51.8 Å². The molecule has 0 radical (unpaired) electrons. The lowest BCUT2D eigenvalue weighted by Crippen LogP contribution is -2.27. The topological polar surface area (TPSA) is 72.6 Å². The van der Waals surface area contributed by atoms with E-state index in [4.69, 9.17) is 10.5 Å². The SMILES string of the molecule is COc1cccc(N(C)S(=O)(=O)c2cc(N)ccc2Br)c1. The Labute approximate surface area is 132 Å². The molecule has 0 saturated heterocycles. The third kappa shape index (κ3) is 3.14. The van der Waals surface area contributed by atoms with Crippen molar-refractivity contribution in [3.63, 3.8) is 0 Å². The molecule has 2 N–H and O–H groups in total. The molecule has 0 fully saturated rings. The highest BCUT2D eigenvalue weighted by Gasteiger charge is 2.24. The molecule has 5 nitrogen and oxygen atoms in total. The minimum absolute atomic E-state index is 0.118. The van der Waals surface area contributed by atoms with Gasteiger partial charge in [-0.2, -0.15) is 0 Å². The van der Waals surface area contributed by atoms with Crippen molar-refractivity contribution in [2.24, 2.45) is 0 Å². The van der Waals surface area contributed by atoms with Crippen molar-refractivity contribution in [1.82, 2.24) is 0 Å². The zero-order valence-electron chi connectivity index (χ0n) is 11.6. The molecule has 0 saturated carbocycles. The maximum Gasteiger partial charge on any atom is 0.265 e. The Morgan fingerprint density at radius 1 is 1.19 bits per heavy atom. The van der Waals surface area contributed by atoms with Crippen LogP contribution < -0.4 is 14.8 Å². The second-order valence-corrected chi connectivity index (χ2v) is 7.16. The fourth-order valence-electron chi connectivity index (χ4n) is 1.81. The van der Waals surface area contributed by atoms with Crippen LogP contribution in [0, 0.1) is 0 Å². The van der Waals surface area contributed by atoms with Crippen LogP contribution in [-0.2, 0) is 10.0 Å². The fourth-order valence-corrected chi connectivity index (χ4v) is 3.96. The number of methoxy groups -OCH3 is 1. The third-order valence-electron chi connectivity index (χ3n) is 3.01. The maximum atomic E-state index is 12.7. The molecular formula is C14H15BrN2O3S. The fraction of sp³-hybridized carbons (Fsp3) is 0.143. The van der Waals surface area contributed by atoms with Crippen molar-refractivity contribution in [3.05, 3.63) is 46.9 Å². The normalized spacial score (nSPS) is 11.2. The monoisotopic (exact) mass is 370 g/mol. The molecule has 0 aliphatic rings. The Balaban J connectivity index is 2.49. The van der Waals surface area contributed by atoms with Gasteiger partial charge in [0.05, 0.1) is 12.8 Å². The van der Waals surface area contributed by atoms with Crippen LogP contribution in [0.2, 0.25) is 0 Å². The van der Waals surface area contributed by atoms with Crippen LogP contribution in [0.1, 0.15) is 0 Å². The highest BCUT2D eigenvalue weighted by atomic mass is 79.9. The van der Waals surface area contributed by atoms with E-state index in [0.29, 0.717) is 21.6 Å². The molecule has 0 aliphatic carbocycles. The summed E-state index contributed by atoms with van der Waals surface area (Å²) in [5, 5.41) is 0. The van der Waals surface area contributed by atoms with Crippen molar-refractivity contribution in [3.8, 4) is 5.75 Å². The molecule has 21 heavy (non-hydrogen) atoms. The van der Waals surface area contributed by atoms with Gasteiger partial charge < -0.3 is 10.5 Å². The number of sulfonamides is 1. The molecule has 2 aromatic carbocycles. The molecule has 0 unspecified atom stereocenters. The van der Waals surface area contributed by atoms with Crippen LogP contribution in [0.5, 0.6) is 5.75 Å². The van der Waals surface area contributed by atoms with E-state index in [-0.39, 0.29) is 4.90 Å². The van der Waals surface area contributed by atoms with Crippen molar-refractivity contribution in [2.75, 3.05) is 24.2 Å². The van der Waals surface area contributed by atoms with E-state index in [1.54, 1.807) is 36.4 Å². The summed E-state index contributed by atoms with van der Waals surface area (Å²) >= 11 is 3.25. The number of halogens is 1. The zero-order chi connectivity index (χ0) is 15.6. The van der Waals surface area contributed by atoms with E-state index < -0.39 is 10.0 Å². The average Bonchev–Trinajstić information content (AvgIpc) is 2.48. The predicted molar refractivity (Wildman–Crippen MR) is 87.1 cm³/mol. The first-order valence-corrected chi connectivity index (χ1v) is 8.27. The lowest BCUT2D eigenvalue weighted by molar-refractivity contribution is 0.415. The molecule has 2 aromatic rings. The number of anilines is 2. The molecule has 0 bridgehead atoms. The highest BCUT2D eigenvalue weighted by molar-refractivity contribution is 9.10. The second kappa shape index (κ2) is 5.95. The van der Waals surface area contributed by atoms with Gasteiger partial charge in [-0.25, -0.2) is 8.42 Å². The molecule has 0 heterocycles. The minimum atomic E-state index is -3.72. The molecule has 0 amide bonds. The average molecular weight is 371 g/mol. The van der Waals surface area contributed by atoms with Gasteiger partial charge in [-0.15, -0.1) is 0 Å². The van der Waals surface area contributed by atoms with Crippen molar-refractivity contribution >= 4 is 37.3 Å². The van der Waals surface area contributed by atoms with Crippen LogP contribution >= 0.6 is 15.9 Å². The van der Waals surface area contributed by atoms with E-state index in [1.807, 2.05) is 0 Å². The Morgan fingerprint density at radius 3 is 2.57 bits per heavy atom. The standard InChI is InChI=1S/C14H15BrN2O3S/c1-17(11-4-3-5-12(9-11)20-2)21(18,19)14-8-10(16)6-7-13(14)15/h3-9H,16H2,1-2H3. The molecule has 0 atom stereocenters. The van der Waals surface area contributed by atoms with Crippen LogP contribution in [0.25, 0.3) is 0 Å². The van der Waals surface area contributed by atoms with Gasteiger partial charge in [0.25, 0.3) is 10.0 Å². The summed E-state index contributed by atoms with van der Waals surface area (Å²) in [6, 6.07) is 11.5. The van der Waals surface area contributed by atoms with E-state index in [9.17, 15) is 8.42 Å². The van der Waals surface area contributed by atoms with Gasteiger partial charge in [0, 0.05) is 23.3 Å². The highest BCUT2D eigenvalue weighted by Crippen LogP contribution is 2.30. The molecule has 0 spiro atoms. The Morgan fingerprint density at radius 2 is 1.90 bits per heavy atom. The van der Waals surface area contributed by atoms with Gasteiger partial charge in [0.15, 0.2) is 0 Å². The first kappa shape index (κ1) is 15.7. The first-order valence-electron chi connectivity index (χ1n) is 6.04. The largest absolute Gasteiger partial charge is 0.497 e.